The lowest BCUT2D eigenvalue weighted by atomic mass is 10.1. The highest BCUT2D eigenvalue weighted by Crippen LogP contribution is 2.23. The van der Waals surface area contributed by atoms with Gasteiger partial charge >= 0.3 is 6.03 Å². The van der Waals surface area contributed by atoms with Gasteiger partial charge in [0.25, 0.3) is 0 Å². The number of nitrogens with one attached hydrogen (secondary N) is 1. The molecule has 1 N–H and O–H groups in total. The molecule has 2 aromatic rings. The highest BCUT2D eigenvalue weighted by molar-refractivity contribution is 5.74. The van der Waals surface area contributed by atoms with Crippen LogP contribution in [-0.4, -0.2) is 32.2 Å². The number of aryl methyl sites for hydroxylation is 2. The molecule has 0 spiro atoms. The molecule has 0 aliphatic carbocycles. The second-order valence-electron chi connectivity index (χ2n) is 6.12. The van der Waals surface area contributed by atoms with E-state index >= 15 is 0 Å². The predicted molar refractivity (Wildman–Crippen MR) is 99.2 cm³/mol. The Hall–Kier alpha value is -2.69. The van der Waals surface area contributed by atoms with Crippen LogP contribution in [0.25, 0.3) is 0 Å². The summed E-state index contributed by atoms with van der Waals surface area (Å²) >= 11 is 0. The molecule has 0 aromatic heterocycles. The molecule has 0 saturated carbocycles. The summed E-state index contributed by atoms with van der Waals surface area (Å²) in [7, 11) is 5.01. The van der Waals surface area contributed by atoms with Crippen molar-refractivity contribution in [3.05, 3.63) is 58.7 Å². The molecule has 2 amide bonds. The highest BCUT2D eigenvalue weighted by atomic mass is 16.5. The molecule has 0 fully saturated rings. The van der Waals surface area contributed by atoms with Gasteiger partial charge in [-0.1, -0.05) is 23.8 Å². The van der Waals surface area contributed by atoms with E-state index < -0.39 is 0 Å². The molecule has 0 aliphatic heterocycles. The number of hydrogen-bond acceptors (Lipinski definition) is 3. The minimum absolute atomic E-state index is 0.134. The number of ether oxygens (including phenoxy) is 2. The second kappa shape index (κ2) is 8.42. The fraction of sp³-hybridized carbons (Fsp3) is 0.350. The Morgan fingerprint density at radius 2 is 1.80 bits per heavy atom. The van der Waals surface area contributed by atoms with Crippen molar-refractivity contribution >= 4 is 6.03 Å². The van der Waals surface area contributed by atoms with E-state index in [1.807, 2.05) is 18.2 Å². The van der Waals surface area contributed by atoms with Gasteiger partial charge in [-0.25, -0.2) is 4.79 Å². The Morgan fingerprint density at radius 3 is 2.44 bits per heavy atom. The molecule has 0 saturated heterocycles. The van der Waals surface area contributed by atoms with Crippen molar-refractivity contribution in [1.82, 2.24) is 10.2 Å². The Morgan fingerprint density at radius 1 is 1.04 bits per heavy atom. The van der Waals surface area contributed by atoms with Gasteiger partial charge in [0.2, 0.25) is 0 Å². The Balaban J connectivity index is 1.99. The molecule has 5 heteroatoms. The molecule has 2 aromatic carbocycles. The minimum atomic E-state index is -0.134. The topological polar surface area (TPSA) is 50.8 Å². The van der Waals surface area contributed by atoms with E-state index in [1.165, 1.54) is 11.1 Å². The number of amides is 2. The number of nitrogens with zero attached hydrogens (tertiary/aromatic N) is 1. The molecule has 0 atom stereocenters. The van der Waals surface area contributed by atoms with Crippen molar-refractivity contribution in [1.29, 1.82) is 0 Å². The van der Waals surface area contributed by atoms with E-state index in [9.17, 15) is 4.79 Å². The van der Waals surface area contributed by atoms with Crippen LogP contribution in [-0.2, 0) is 13.1 Å². The van der Waals surface area contributed by atoms with Gasteiger partial charge in [0.15, 0.2) is 0 Å². The summed E-state index contributed by atoms with van der Waals surface area (Å²) in [6, 6.07) is 11.7. The summed E-state index contributed by atoms with van der Waals surface area (Å²) in [5.41, 5.74) is 4.42. The van der Waals surface area contributed by atoms with E-state index in [-0.39, 0.29) is 6.03 Å². The highest BCUT2D eigenvalue weighted by Gasteiger charge is 2.12. The molecule has 25 heavy (non-hydrogen) atoms. The maximum atomic E-state index is 12.4. The van der Waals surface area contributed by atoms with Gasteiger partial charge in [-0.2, -0.15) is 0 Å². The Kier molecular flexibility index (Phi) is 6.28. The third kappa shape index (κ3) is 4.89. The van der Waals surface area contributed by atoms with Gasteiger partial charge in [-0.3, -0.25) is 0 Å². The van der Waals surface area contributed by atoms with Crippen LogP contribution in [0, 0.1) is 13.8 Å². The summed E-state index contributed by atoms with van der Waals surface area (Å²) < 4.78 is 10.6. The number of urea groups is 1. The minimum Gasteiger partial charge on any atom is -0.497 e. The molecule has 0 bridgehead atoms. The molecule has 0 unspecified atom stereocenters. The first-order chi connectivity index (χ1) is 11.9. The normalized spacial score (nSPS) is 10.3. The zero-order valence-corrected chi connectivity index (χ0v) is 15.6. The number of hydrogen-bond donors (Lipinski definition) is 1. The van der Waals surface area contributed by atoms with Crippen molar-refractivity contribution in [3.8, 4) is 11.5 Å². The van der Waals surface area contributed by atoms with Crippen LogP contribution in [0.3, 0.4) is 0 Å². The Bertz CT molecular complexity index is 744. The fourth-order valence-corrected chi connectivity index (χ4v) is 2.68. The number of rotatable bonds is 6. The van der Waals surface area contributed by atoms with Crippen LogP contribution >= 0.6 is 0 Å². The molecule has 0 aliphatic rings. The van der Waals surface area contributed by atoms with Crippen molar-refractivity contribution in [3.63, 3.8) is 0 Å². The SMILES string of the molecule is COc1ccc(OC)c(CNC(=O)N(C)Cc2ccc(C)cc2C)c1. The smallest absolute Gasteiger partial charge is 0.317 e. The Labute approximate surface area is 149 Å². The lowest BCUT2D eigenvalue weighted by molar-refractivity contribution is 0.206. The molecule has 134 valence electrons. The van der Waals surface area contributed by atoms with Crippen molar-refractivity contribution in [2.24, 2.45) is 0 Å². The van der Waals surface area contributed by atoms with Crippen LogP contribution in [0.4, 0.5) is 4.79 Å². The molecule has 0 heterocycles. The van der Waals surface area contributed by atoms with Gasteiger partial charge in [0.05, 0.1) is 14.2 Å². The molecule has 5 nitrogen and oxygen atoms in total. The van der Waals surface area contributed by atoms with Crippen LogP contribution in [0.2, 0.25) is 0 Å². The van der Waals surface area contributed by atoms with Crippen molar-refractivity contribution in [2.45, 2.75) is 26.9 Å². The van der Waals surface area contributed by atoms with Crippen LogP contribution < -0.4 is 14.8 Å². The summed E-state index contributed by atoms with van der Waals surface area (Å²) in [6.07, 6.45) is 0. The van der Waals surface area contributed by atoms with Crippen molar-refractivity contribution in [2.75, 3.05) is 21.3 Å². The van der Waals surface area contributed by atoms with Crippen LogP contribution in [0.1, 0.15) is 22.3 Å². The zero-order chi connectivity index (χ0) is 18.4. The first kappa shape index (κ1) is 18.6. The lowest BCUT2D eigenvalue weighted by Gasteiger charge is -2.20. The average Bonchev–Trinajstić information content (AvgIpc) is 2.61. The van der Waals surface area contributed by atoms with Gasteiger partial charge in [0.1, 0.15) is 11.5 Å². The standard InChI is InChI=1S/C20H26N2O3/c1-14-6-7-16(15(2)10-14)13-22(3)20(23)21-12-17-11-18(24-4)8-9-19(17)25-5/h6-11H,12-13H2,1-5H3,(H,21,23). The maximum Gasteiger partial charge on any atom is 0.317 e. The summed E-state index contributed by atoms with van der Waals surface area (Å²) in [4.78, 5) is 14.1. The summed E-state index contributed by atoms with van der Waals surface area (Å²) in [5.74, 6) is 1.45. The quantitative estimate of drug-likeness (QED) is 0.871. The monoisotopic (exact) mass is 342 g/mol. The molecule has 2 rings (SSSR count). The second-order valence-corrected chi connectivity index (χ2v) is 6.12. The molecular formula is C20H26N2O3. The third-order valence-electron chi connectivity index (χ3n) is 4.17. The average molecular weight is 342 g/mol. The number of methoxy groups -OCH3 is 2. The van der Waals surface area contributed by atoms with Crippen molar-refractivity contribution < 1.29 is 14.3 Å². The summed E-state index contributed by atoms with van der Waals surface area (Å²) in [6.45, 7) is 5.06. The zero-order valence-electron chi connectivity index (χ0n) is 15.6. The third-order valence-corrected chi connectivity index (χ3v) is 4.17. The first-order valence-corrected chi connectivity index (χ1v) is 8.20. The van der Waals surface area contributed by atoms with E-state index in [4.69, 9.17) is 9.47 Å². The lowest BCUT2D eigenvalue weighted by Crippen LogP contribution is -2.36. The van der Waals surface area contributed by atoms with Gasteiger partial charge in [-0.15, -0.1) is 0 Å². The molecule has 0 radical (unpaired) electrons. The van der Waals surface area contributed by atoms with E-state index in [0.29, 0.717) is 13.1 Å². The van der Waals surface area contributed by atoms with Crippen LogP contribution in [0.5, 0.6) is 11.5 Å². The van der Waals surface area contributed by atoms with E-state index in [0.717, 1.165) is 22.6 Å². The number of carbonyl (C=O) groups excluding carboxylic acids is 1. The number of benzene rings is 2. The predicted octanol–water partition coefficient (Wildman–Crippen LogP) is 3.66. The number of carbonyl (C=O) groups is 1. The molecular weight excluding hydrogens is 316 g/mol. The maximum absolute atomic E-state index is 12.4. The van der Waals surface area contributed by atoms with E-state index in [1.54, 1.807) is 26.2 Å². The van der Waals surface area contributed by atoms with Gasteiger partial charge in [-0.05, 0) is 43.2 Å². The van der Waals surface area contributed by atoms with Gasteiger partial charge in [0, 0.05) is 25.7 Å². The fourth-order valence-electron chi connectivity index (χ4n) is 2.68. The van der Waals surface area contributed by atoms with Gasteiger partial charge < -0.3 is 19.7 Å². The first-order valence-electron chi connectivity index (χ1n) is 8.20. The van der Waals surface area contributed by atoms with E-state index in [2.05, 4.69) is 37.4 Å². The largest absolute Gasteiger partial charge is 0.497 e. The van der Waals surface area contributed by atoms with Crippen LogP contribution in [0.15, 0.2) is 36.4 Å². The summed E-state index contributed by atoms with van der Waals surface area (Å²) in [5, 5.41) is 2.93.